The van der Waals surface area contributed by atoms with Crippen LogP contribution in [0.2, 0.25) is 0 Å². The molecule has 2 unspecified atom stereocenters. The van der Waals surface area contributed by atoms with Crippen LogP contribution in [-0.2, 0) is 14.3 Å². The Morgan fingerprint density at radius 3 is 2.61 bits per heavy atom. The molecule has 148 valence electrons. The highest BCUT2D eigenvalue weighted by molar-refractivity contribution is 5.82. The topological polar surface area (TPSA) is 83.1 Å². The number of fused-ring (bicyclic) bond motifs is 1. The number of hydrogen-bond donors (Lipinski definition) is 1. The molecule has 0 fully saturated rings. The molecular formula is C21H23NO6. The first-order valence-corrected chi connectivity index (χ1v) is 9.05. The van der Waals surface area contributed by atoms with Crippen LogP contribution in [0.4, 0.5) is 0 Å². The van der Waals surface area contributed by atoms with Crippen molar-refractivity contribution in [1.82, 2.24) is 5.32 Å². The minimum atomic E-state index is -0.843. The van der Waals surface area contributed by atoms with Crippen LogP contribution in [0.1, 0.15) is 24.9 Å². The summed E-state index contributed by atoms with van der Waals surface area (Å²) in [5.74, 6) is 0.977. The predicted octanol–water partition coefficient (Wildman–Crippen LogP) is 2.65. The maximum absolute atomic E-state index is 12.2. The summed E-state index contributed by atoms with van der Waals surface area (Å²) in [4.78, 5) is 24.3. The Morgan fingerprint density at radius 2 is 1.86 bits per heavy atom. The Labute approximate surface area is 163 Å². The number of carbonyl (C=O) groups excluding carboxylic acids is 2. The number of amides is 1. The Hall–Kier alpha value is -3.22. The molecule has 2 aromatic rings. The minimum absolute atomic E-state index is 0.163. The predicted molar refractivity (Wildman–Crippen MR) is 101 cm³/mol. The van der Waals surface area contributed by atoms with E-state index in [4.69, 9.17) is 18.9 Å². The van der Waals surface area contributed by atoms with Crippen LogP contribution in [0, 0.1) is 0 Å². The molecule has 0 aromatic heterocycles. The number of nitrogens with one attached hydrogen (secondary N) is 1. The lowest BCUT2D eigenvalue weighted by molar-refractivity contribution is -0.154. The molecule has 1 amide bonds. The lowest BCUT2D eigenvalue weighted by Gasteiger charge is -2.26. The number of carbonyl (C=O) groups is 2. The minimum Gasteiger partial charge on any atom is -0.497 e. The third kappa shape index (κ3) is 4.94. The number of benzene rings is 2. The van der Waals surface area contributed by atoms with Crippen molar-refractivity contribution in [2.45, 2.75) is 25.5 Å². The van der Waals surface area contributed by atoms with Gasteiger partial charge in [-0.1, -0.05) is 18.2 Å². The Kier molecular flexibility index (Phi) is 6.37. The van der Waals surface area contributed by atoms with E-state index in [1.54, 1.807) is 38.3 Å². The van der Waals surface area contributed by atoms with Crippen molar-refractivity contribution in [1.29, 1.82) is 0 Å². The monoisotopic (exact) mass is 385 g/mol. The molecule has 2 atom stereocenters. The fourth-order valence-corrected chi connectivity index (χ4v) is 2.89. The molecule has 7 heteroatoms. The Balaban J connectivity index is 1.47. The van der Waals surface area contributed by atoms with E-state index in [1.807, 2.05) is 24.3 Å². The van der Waals surface area contributed by atoms with Crippen molar-refractivity contribution in [3.63, 3.8) is 0 Å². The third-order valence-corrected chi connectivity index (χ3v) is 4.34. The summed E-state index contributed by atoms with van der Waals surface area (Å²) < 4.78 is 21.3. The number of methoxy groups -OCH3 is 1. The highest BCUT2D eigenvalue weighted by atomic mass is 16.6. The number of ether oxygens (including phenoxy) is 4. The smallest absolute Gasteiger partial charge is 0.347 e. The SMILES string of the molecule is COc1ccc(OC(C)C(=O)OCC(=O)NC2CCOc3ccccc32)cc1. The van der Waals surface area contributed by atoms with Crippen molar-refractivity contribution in [3.05, 3.63) is 54.1 Å². The van der Waals surface area contributed by atoms with Crippen LogP contribution >= 0.6 is 0 Å². The average molecular weight is 385 g/mol. The van der Waals surface area contributed by atoms with Crippen molar-refractivity contribution >= 4 is 11.9 Å². The maximum Gasteiger partial charge on any atom is 0.347 e. The van der Waals surface area contributed by atoms with E-state index in [9.17, 15) is 9.59 Å². The van der Waals surface area contributed by atoms with Crippen molar-refractivity contribution in [2.75, 3.05) is 20.3 Å². The van der Waals surface area contributed by atoms with Crippen LogP contribution in [-0.4, -0.2) is 38.3 Å². The highest BCUT2D eigenvalue weighted by Gasteiger charge is 2.24. The van der Waals surface area contributed by atoms with Crippen LogP contribution < -0.4 is 19.5 Å². The van der Waals surface area contributed by atoms with Crippen molar-refractivity contribution < 1.29 is 28.5 Å². The fourth-order valence-electron chi connectivity index (χ4n) is 2.89. The van der Waals surface area contributed by atoms with Crippen LogP contribution in [0.25, 0.3) is 0 Å². The highest BCUT2D eigenvalue weighted by Crippen LogP contribution is 2.31. The van der Waals surface area contributed by atoms with Gasteiger partial charge in [0.2, 0.25) is 0 Å². The molecule has 7 nitrogen and oxygen atoms in total. The van der Waals surface area contributed by atoms with Gasteiger partial charge in [0.25, 0.3) is 5.91 Å². The third-order valence-electron chi connectivity index (χ3n) is 4.34. The standard InChI is InChI=1S/C21H23NO6/c1-14(28-16-9-7-15(25-2)8-10-16)21(24)27-13-20(23)22-18-11-12-26-19-6-4-3-5-17(18)19/h3-10,14,18H,11-13H2,1-2H3,(H,22,23). The Bertz CT molecular complexity index is 820. The van der Waals surface area contributed by atoms with Crippen LogP contribution in [0.5, 0.6) is 17.2 Å². The first kappa shape index (κ1) is 19.5. The van der Waals surface area contributed by atoms with Crippen molar-refractivity contribution in [2.24, 2.45) is 0 Å². The molecule has 0 spiro atoms. The second kappa shape index (κ2) is 9.12. The second-order valence-electron chi connectivity index (χ2n) is 6.34. The van der Waals surface area contributed by atoms with Gasteiger partial charge in [0.1, 0.15) is 17.2 Å². The lowest BCUT2D eigenvalue weighted by Crippen LogP contribution is -2.36. The summed E-state index contributed by atoms with van der Waals surface area (Å²) in [6.07, 6.45) is -0.182. The van der Waals surface area contributed by atoms with E-state index in [2.05, 4.69) is 5.32 Å². The van der Waals surface area contributed by atoms with Gasteiger partial charge in [-0.25, -0.2) is 4.79 Å². The van der Waals surface area contributed by atoms with Gasteiger partial charge in [0, 0.05) is 12.0 Å². The fraction of sp³-hybridized carbons (Fsp3) is 0.333. The average Bonchev–Trinajstić information content (AvgIpc) is 2.73. The molecule has 0 saturated carbocycles. The molecule has 3 rings (SSSR count). The van der Waals surface area contributed by atoms with E-state index in [-0.39, 0.29) is 18.6 Å². The van der Waals surface area contributed by atoms with Gasteiger partial charge in [0.15, 0.2) is 12.7 Å². The van der Waals surface area contributed by atoms with Gasteiger partial charge in [-0.15, -0.1) is 0 Å². The number of para-hydroxylation sites is 1. The number of rotatable bonds is 7. The van der Waals surface area contributed by atoms with E-state index < -0.39 is 12.1 Å². The van der Waals surface area contributed by atoms with Crippen molar-refractivity contribution in [3.8, 4) is 17.2 Å². The lowest BCUT2D eigenvalue weighted by atomic mass is 10.0. The molecule has 0 aliphatic carbocycles. The van der Waals surface area contributed by atoms with E-state index in [0.717, 1.165) is 11.3 Å². The zero-order valence-electron chi connectivity index (χ0n) is 15.8. The molecule has 2 aromatic carbocycles. The van der Waals surface area contributed by atoms with E-state index in [1.165, 1.54) is 0 Å². The molecule has 0 bridgehead atoms. The van der Waals surface area contributed by atoms with E-state index in [0.29, 0.717) is 24.5 Å². The van der Waals surface area contributed by atoms with Crippen LogP contribution in [0.15, 0.2) is 48.5 Å². The summed E-state index contributed by atoms with van der Waals surface area (Å²) in [7, 11) is 1.57. The molecular weight excluding hydrogens is 362 g/mol. The van der Waals surface area contributed by atoms with Gasteiger partial charge in [-0.3, -0.25) is 4.79 Å². The molecule has 1 heterocycles. The molecule has 28 heavy (non-hydrogen) atoms. The second-order valence-corrected chi connectivity index (χ2v) is 6.34. The van der Waals surface area contributed by atoms with Gasteiger partial charge in [-0.05, 0) is 37.3 Å². The first-order chi connectivity index (χ1) is 13.6. The zero-order valence-corrected chi connectivity index (χ0v) is 15.8. The molecule has 0 saturated heterocycles. The summed E-state index contributed by atoms with van der Waals surface area (Å²) in [6.45, 7) is 1.72. The van der Waals surface area contributed by atoms with Gasteiger partial charge < -0.3 is 24.3 Å². The quantitative estimate of drug-likeness (QED) is 0.738. The molecule has 1 aliphatic rings. The molecule has 0 radical (unpaired) electrons. The number of hydrogen-bond acceptors (Lipinski definition) is 6. The van der Waals surface area contributed by atoms with E-state index >= 15 is 0 Å². The summed E-state index contributed by atoms with van der Waals surface area (Å²) in [6, 6.07) is 14.2. The summed E-state index contributed by atoms with van der Waals surface area (Å²) in [5.41, 5.74) is 0.921. The van der Waals surface area contributed by atoms with Gasteiger partial charge >= 0.3 is 5.97 Å². The Morgan fingerprint density at radius 1 is 1.14 bits per heavy atom. The molecule has 1 aliphatic heterocycles. The summed E-state index contributed by atoms with van der Waals surface area (Å²) >= 11 is 0. The van der Waals surface area contributed by atoms with Crippen LogP contribution in [0.3, 0.4) is 0 Å². The first-order valence-electron chi connectivity index (χ1n) is 9.05. The van der Waals surface area contributed by atoms with Gasteiger partial charge in [0.05, 0.1) is 19.8 Å². The largest absolute Gasteiger partial charge is 0.497 e. The normalized spacial score (nSPS) is 16.1. The maximum atomic E-state index is 12.2. The van der Waals surface area contributed by atoms with Gasteiger partial charge in [-0.2, -0.15) is 0 Å². The summed E-state index contributed by atoms with van der Waals surface area (Å²) in [5, 5.41) is 2.88. The number of esters is 1. The zero-order chi connectivity index (χ0) is 19.9. The molecule has 1 N–H and O–H groups in total.